The van der Waals surface area contributed by atoms with Crippen molar-refractivity contribution in [1.82, 2.24) is 19.7 Å². The molecule has 0 spiro atoms. The molecule has 27 heavy (non-hydrogen) atoms. The van der Waals surface area contributed by atoms with Crippen molar-refractivity contribution in [1.29, 1.82) is 0 Å². The number of primary amides is 1. The first-order valence-corrected chi connectivity index (χ1v) is 8.68. The van der Waals surface area contributed by atoms with Gasteiger partial charge in [0.15, 0.2) is 0 Å². The summed E-state index contributed by atoms with van der Waals surface area (Å²) >= 11 is 0. The largest absolute Gasteiger partial charge is 0.365 e. The van der Waals surface area contributed by atoms with Crippen LogP contribution in [0.1, 0.15) is 41.3 Å². The maximum Gasteiger partial charge on any atom is 0.254 e. The lowest BCUT2D eigenvalue weighted by Crippen LogP contribution is -2.17. The molecule has 0 aliphatic heterocycles. The number of aryl methyl sites for hydroxylation is 1. The van der Waals surface area contributed by atoms with E-state index in [0.717, 1.165) is 11.3 Å². The lowest BCUT2D eigenvalue weighted by molar-refractivity contribution is 0.100. The first-order chi connectivity index (χ1) is 12.9. The van der Waals surface area contributed by atoms with Crippen LogP contribution in [-0.4, -0.2) is 25.7 Å². The third-order valence-corrected chi connectivity index (χ3v) is 4.14. The standard InChI is InChI=1S/C19H23N7O/c1-12(2)15-7-5-4-6-13(15)8-21-18-16(17(20)27)10-22-19(25-18)24-14-9-23-26(3)11-14/h4-7,9-12H,8H2,1-3H3,(H2,20,27)(H2,21,22,24,25). The number of aromatic nitrogens is 4. The molecule has 0 unspecified atom stereocenters. The van der Waals surface area contributed by atoms with Gasteiger partial charge in [0.1, 0.15) is 5.82 Å². The number of carbonyl (C=O) groups excluding carboxylic acids is 1. The molecule has 2 aromatic heterocycles. The smallest absolute Gasteiger partial charge is 0.254 e. The highest BCUT2D eigenvalue weighted by molar-refractivity contribution is 5.97. The van der Waals surface area contributed by atoms with Gasteiger partial charge in [-0.15, -0.1) is 0 Å². The van der Waals surface area contributed by atoms with Gasteiger partial charge in [0.2, 0.25) is 5.95 Å². The monoisotopic (exact) mass is 365 g/mol. The summed E-state index contributed by atoms with van der Waals surface area (Å²) in [7, 11) is 1.82. The molecular weight excluding hydrogens is 342 g/mol. The fraction of sp³-hybridized carbons (Fsp3) is 0.263. The second kappa shape index (κ2) is 7.86. The third-order valence-electron chi connectivity index (χ3n) is 4.14. The van der Waals surface area contributed by atoms with E-state index in [1.807, 2.05) is 19.2 Å². The normalized spacial score (nSPS) is 10.8. The molecular formula is C19H23N7O. The molecule has 8 heteroatoms. The Kier molecular flexibility index (Phi) is 5.35. The molecule has 1 amide bonds. The molecule has 0 atom stereocenters. The lowest BCUT2D eigenvalue weighted by Gasteiger charge is -2.15. The summed E-state index contributed by atoms with van der Waals surface area (Å²) < 4.78 is 1.67. The zero-order valence-electron chi connectivity index (χ0n) is 15.6. The van der Waals surface area contributed by atoms with E-state index < -0.39 is 5.91 Å². The van der Waals surface area contributed by atoms with Gasteiger partial charge in [-0.3, -0.25) is 9.48 Å². The zero-order valence-corrected chi connectivity index (χ0v) is 15.6. The predicted octanol–water partition coefficient (Wildman–Crippen LogP) is 2.79. The lowest BCUT2D eigenvalue weighted by atomic mass is 9.97. The maximum atomic E-state index is 11.7. The van der Waals surface area contributed by atoms with Crippen molar-refractivity contribution in [2.45, 2.75) is 26.3 Å². The molecule has 0 bridgehead atoms. The first-order valence-electron chi connectivity index (χ1n) is 8.68. The van der Waals surface area contributed by atoms with E-state index >= 15 is 0 Å². The van der Waals surface area contributed by atoms with Crippen LogP contribution < -0.4 is 16.4 Å². The topological polar surface area (TPSA) is 111 Å². The van der Waals surface area contributed by atoms with Crippen LogP contribution in [0.2, 0.25) is 0 Å². The number of anilines is 3. The number of amides is 1. The second-order valence-corrected chi connectivity index (χ2v) is 6.55. The second-order valence-electron chi connectivity index (χ2n) is 6.55. The van der Waals surface area contributed by atoms with Crippen molar-refractivity contribution in [3.05, 3.63) is 59.5 Å². The van der Waals surface area contributed by atoms with Crippen LogP contribution in [0.5, 0.6) is 0 Å². The summed E-state index contributed by atoms with van der Waals surface area (Å²) in [6, 6.07) is 8.18. The van der Waals surface area contributed by atoms with Crippen LogP contribution in [0.25, 0.3) is 0 Å². The van der Waals surface area contributed by atoms with Gasteiger partial charge in [-0.05, 0) is 17.0 Å². The average Bonchev–Trinajstić information content (AvgIpc) is 3.04. The molecule has 0 saturated heterocycles. The van der Waals surface area contributed by atoms with Crippen LogP contribution >= 0.6 is 0 Å². The Labute approximate surface area is 157 Å². The molecule has 0 fully saturated rings. The molecule has 0 saturated carbocycles. The van der Waals surface area contributed by atoms with E-state index in [1.165, 1.54) is 11.8 Å². The summed E-state index contributed by atoms with van der Waals surface area (Å²) in [4.78, 5) is 20.3. The maximum absolute atomic E-state index is 11.7. The highest BCUT2D eigenvalue weighted by Crippen LogP contribution is 2.22. The predicted molar refractivity (Wildman–Crippen MR) is 105 cm³/mol. The quantitative estimate of drug-likeness (QED) is 0.594. The van der Waals surface area contributed by atoms with Crippen LogP contribution in [-0.2, 0) is 13.6 Å². The van der Waals surface area contributed by atoms with E-state index in [0.29, 0.717) is 24.2 Å². The summed E-state index contributed by atoms with van der Waals surface area (Å²) in [5, 5.41) is 10.4. The minimum absolute atomic E-state index is 0.244. The third kappa shape index (κ3) is 4.41. The Hall–Kier alpha value is -3.42. The molecule has 0 aliphatic carbocycles. The molecule has 4 N–H and O–H groups in total. The number of rotatable bonds is 7. The first kappa shape index (κ1) is 18.4. The van der Waals surface area contributed by atoms with Gasteiger partial charge < -0.3 is 16.4 Å². The van der Waals surface area contributed by atoms with Crippen molar-refractivity contribution in [3.8, 4) is 0 Å². The van der Waals surface area contributed by atoms with Gasteiger partial charge in [-0.2, -0.15) is 10.1 Å². The zero-order chi connectivity index (χ0) is 19.4. The number of nitrogens with two attached hydrogens (primary N) is 1. The van der Waals surface area contributed by atoms with Crippen molar-refractivity contribution >= 4 is 23.4 Å². The highest BCUT2D eigenvalue weighted by Gasteiger charge is 2.14. The van der Waals surface area contributed by atoms with Crippen LogP contribution in [0.4, 0.5) is 17.5 Å². The molecule has 3 rings (SSSR count). The fourth-order valence-corrected chi connectivity index (χ4v) is 2.81. The van der Waals surface area contributed by atoms with Crippen molar-refractivity contribution in [2.75, 3.05) is 10.6 Å². The summed E-state index contributed by atoms with van der Waals surface area (Å²) in [5.74, 6) is 0.560. The molecule has 8 nitrogen and oxygen atoms in total. The van der Waals surface area contributed by atoms with Crippen LogP contribution in [0, 0.1) is 0 Å². The van der Waals surface area contributed by atoms with E-state index in [1.54, 1.807) is 17.1 Å². The number of hydrogen-bond acceptors (Lipinski definition) is 6. The number of nitrogens with zero attached hydrogens (tertiary/aromatic N) is 4. The SMILES string of the molecule is CC(C)c1ccccc1CNc1nc(Nc2cnn(C)c2)ncc1C(N)=O. The van der Waals surface area contributed by atoms with Crippen molar-refractivity contribution < 1.29 is 4.79 Å². The molecule has 0 radical (unpaired) electrons. The fourth-order valence-electron chi connectivity index (χ4n) is 2.81. The average molecular weight is 365 g/mol. The molecule has 3 aromatic rings. The van der Waals surface area contributed by atoms with E-state index in [2.05, 4.69) is 51.7 Å². The van der Waals surface area contributed by atoms with Gasteiger partial charge in [0.25, 0.3) is 5.91 Å². The molecule has 2 heterocycles. The number of carbonyl (C=O) groups is 1. The summed E-state index contributed by atoms with van der Waals surface area (Å²) in [6.45, 7) is 4.82. The van der Waals surface area contributed by atoms with E-state index in [-0.39, 0.29) is 5.56 Å². The van der Waals surface area contributed by atoms with Crippen LogP contribution in [0.15, 0.2) is 42.9 Å². The molecule has 140 valence electrons. The Balaban J connectivity index is 1.84. The van der Waals surface area contributed by atoms with Crippen molar-refractivity contribution in [3.63, 3.8) is 0 Å². The van der Waals surface area contributed by atoms with Gasteiger partial charge >= 0.3 is 0 Å². The van der Waals surface area contributed by atoms with E-state index in [4.69, 9.17) is 5.73 Å². The highest BCUT2D eigenvalue weighted by atomic mass is 16.1. The van der Waals surface area contributed by atoms with Gasteiger partial charge in [0.05, 0.1) is 17.4 Å². The van der Waals surface area contributed by atoms with E-state index in [9.17, 15) is 4.79 Å². The Morgan fingerprint density at radius 1 is 1.26 bits per heavy atom. The van der Waals surface area contributed by atoms with Gasteiger partial charge in [-0.25, -0.2) is 4.98 Å². The molecule has 0 aliphatic rings. The van der Waals surface area contributed by atoms with Gasteiger partial charge in [-0.1, -0.05) is 38.1 Å². The number of hydrogen-bond donors (Lipinski definition) is 3. The number of nitrogens with one attached hydrogen (secondary N) is 2. The number of benzene rings is 1. The van der Waals surface area contributed by atoms with Gasteiger partial charge in [0, 0.05) is 26.0 Å². The summed E-state index contributed by atoms with van der Waals surface area (Å²) in [6.07, 6.45) is 4.89. The van der Waals surface area contributed by atoms with Crippen LogP contribution in [0.3, 0.4) is 0 Å². The molecule has 1 aromatic carbocycles. The summed E-state index contributed by atoms with van der Waals surface area (Å²) in [5.41, 5.74) is 8.86. The Bertz CT molecular complexity index is 949. The minimum Gasteiger partial charge on any atom is -0.365 e. The Morgan fingerprint density at radius 2 is 2.04 bits per heavy atom. The van der Waals surface area contributed by atoms with Crippen molar-refractivity contribution in [2.24, 2.45) is 12.8 Å². The Morgan fingerprint density at radius 3 is 2.70 bits per heavy atom. The minimum atomic E-state index is -0.581.